The van der Waals surface area contributed by atoms with Crippen molar-refractivity contribution in [3.05, 3.63) is 14.1 Å². The molecule has 0 aromatic carbocycles. The van der Waals surface area contributed by atoms with Gasteiger partial charge in [-0.3, -0.25) is 9.80 Å². The summed E-state index contributed by atoms with van der Waals surface area (Å²) in [6.07, 6.45) is 0. The average molecular weight is 288 g/mol. The number of hydrogen-bond donors (Lipinski definition) is 0. The first-order chi connectivity index (χ1) is 9.79. The van der Waals surface area contributed by atoms with E-state index < -0.39 is 0 Å². The third kappa shape index (κ3) is 10.5. The summed E-state index contributed by atoms with van der Waals surface area (Å²) in [4.78, 5) is 3.90. The summed E-state index contributed by atoms with van der Waals surface area (Å²) in [6, 6.07) is 0. The number of nitrogens with zero attached hydrogens (tertiary/aromatic N) is 2. The van der Waals surface area contributed by atoms with Crippen molar-refractivity contribution in [2.75, 3.05) is 79.0 Å². The average Bonchev–Trinajstić information content (AvgIpc) is 2.43. The van der Waals surface area contributed by atoms with E-state index in [1.54, 1.807) is 0 Å². The molecule has 0 unspecified atom stereocenters. The molecule has 118 valence electrons. The van der Waals surface area contributed by atoms with E-state index in [1.807, 2.05) is 9.80 Å². The maximum Gasteiger partial charge on any atom is 0.0701 e. The van der Waals surface area contributed by atoms with Crippen LogP contribution in [0.4, 0.5) is 0 Å². The Balaban J connectivity index is 2.16. The fourth-order valence-corrected chi connectivity index (χ4v) is 1.64. The second-order valence-corrected chi connectivity index (χ2v) is 4.69. The van der Waals surface area contributed by atoms with Crippen molar-refractivity contribution < 1.29 is 18.9 Å². The summed E-state index contributed by atoms with van der Waals surface area (Å²) in [6.45, 7) is 8.31. The third-order valence-corrected chi connectivity index (χ3v) is 2.95. The minimum atomic E-state index is 0.616. The zero-order valence-corrected chi connectivity index (χ0v) is 12.4. The van der Waals surface area contributed by atoms with Crippen molar-refractivity contribution in [3.63, 3.8) is 0 Å². The molecular weight excluding hydrogens is 260 g/mol. The smallest absolute Gasteiger partial charge is 0.0701 e. The van der Waals surface area contributed by atoms with Gasteiger partial charge >= 0.3 is 0 Å². The van der Waals surface area contributed by atoms with Crippen LogP contribution in [-0.2, 0) is 18.9 Å². The van der Waals surface area contributed by atoms with E-state index in [9.17, 15) is 0 Å². The molecule has 6 heteroatoms. The predicted molar refractivity (Wildman–Crippen MR) is 77.1 cm³/mol. The van der Waals surface area contributed by atoms with Crippen LogP contribution >= 0.6 is 0 Å². The summed E-state index contributed by atoms with van der Waals surface area (Å²) in [5.74, 6) is 0. The third-order valence-electron chi connectivity index (χ3n) is 2.95. The van der Waals surface area contributed by atoms with Crippen LogP contribution in [0.2, 0.25) is 0 Å². The van der Waals surface area contributed by atoms with Crippen molar-refractivity contribution in [2.45, 2.75) is 0 Å². The molecule has 1 saturated heterocycles. The monoisotopic (exact) mass is 288 g/mol. The van der Waals surface area contributed by atoms with Crippen LogP contribution in [0.15, 0.2) is 0 Å². The molecule has 0 bridgehead atoms. The van der Waals surface area contributed by atoms with Gasteiger partial charge in [-0.2, -0.15) is 0 Å². The van der Waals surface area contributed by atoms with Crippen LogP contribution in [0.3, 0.4) is 0 Å². The molecule has 0 N–H and O–H groups in total. The van der Waals surface area contributed by atoms with Gasteiger partial charge in [0.05, 0.1) is 52.9 Å². The maximum absolute atomic E-state index is 5.48. The first-order valence-electron chi connectivity index (χ1n) is 7.21. The lowest BCUT2D eigenvalue weighted by Crippen LogP contribution is -2.28. The van der Waals surface area contributed by atoms with Gasteiger partial charge in [-0.15, -0.1) is 0 Å². The lowest BCUT2D eigenvalue weighted by molar-refractivity contribution is 0.0172. The molecule has 0 atom stereocenters. The SMILES string of the molecule is [CH2]N1CCOCCOCCN([CH2])CCOCCOCC1. The molecule has 1 fully saturated rings. The van der Waals surface area contributed by atoms with Crippen LogP contribution < -0.4 is 0 Å². The van der Waals surface area contributed by atoms with Gasteiger partial charge in [0.1, 0.15) is 0 Å². The highest BCUT2D eigenvalue weighted by molar-refractivity contribution is 4.56. The first kappa shape index (κ1) is 17.8. The van der Waals surface area contributed by atoms with Crippen molar-refractivity contribution >= 4 is 0 Å². The Kier molecular flexibility index (Phi) is 11.1. The van der Waals surface area contributed by atoms with Crippen LogP contribution in [0, 0.1) is 14.1 Å². The minimum Gasteiger partial charge on any atom is -0.378 e. The molecule has 6 nitrogen and oxygen atoms in total. The van der Waals surface area contributed by atoms with E-state index in [-0.39, 0.29) is 0 Å². The van der Waals surface area contributed by atoms with Crippen LogP contribution in [0.25, 0.3) is 0 Å². The molecule has 20 heavy (non-hydrogen) atoms. The number of ether oxygens (including phenoxy) is 4. The lowest BCUT2D eigenvalue weighted by atomic mass is 10.5. The van der Waals surface area contributed by atoms with Gasteiger partial charge in [-0.05, 0) is 0 Å². The van der Waals surface area contributed by atoms with E-state index in [0.29, 0.717) is 52.9 Å². The second-order valence-electron chi connectivity index (χ2n) is 4.69. The van der Waals surface area contributed by atoms with Gasteiger partial charge in [-0.25, -0.2) is 0 Å². The molecule has 0 aromatic rings. The Bertz CT molecular complexity index is 177. The molecule has 1 aliphatic heterocycles. The van der Waals surface area contributed by atoms with E-state index >= 15 is 0 Å². The normalized spacial score (nSPS) is 24.9. The van der Waals surface area contributed by atoms with Crippen LogP contribution in [0.5, 0.6) is 0 Å². The fraction of sp³-hybridized carbons (Fsp3) is 0.857. The van der Waals surface area contributed by atoms with E-state index in [1.165, 1.54) is 0 Å². The molecule has 1 aliphatic rings. The van der Waals surface area contributed by atoms with Gasteiger partial charge in [0.2, 0.25) is 0 Å². The Morgan fingerprint density at radius 2 is 0.700 bits per heavy atom. The van der Waals surface area contributed by atoms with E-state index in [2.05, 4.69) is 14.1 Å². The zero-order chi connectivity index (χ0) is 14.5. The second kappa shape index (κ2) is 12.5. The highest BCUT2D eigenvalue weighted by Crippen LogP contribution is 1.91. The van der Waals surface area contributed by atoms with Gasteiger partial charge in [0.25, 0.3) is 0 Å². The van der Waals surface area contributed by atoms with E-state index in [4.69, 9.17) is 18.9 Å². The minimum absolute atomic E-state index is 0.616. The molecule has 0 spiro atoms. The number of rotatable bonds is 0. The van der Waals surface area contributed by atoms with Crippen molar-refractivity contribution in [2.24, 2.45) is 0 Å². The molecule has 1 heterocycles. The summed E-state index contributed by atoms with van der Waals surface area (Å²) in [5, 5.41) is 0. The van der Waals surface area contributed by atoms with Gasteiger partial charge in [0, 0.05) is 40.3 Å². The van der Waals surface area contributed by atoms with Gasteiger partial charge in [-0.1, -0.05) is 0 Å². The Morgan fingerprint density at radius 1 is 0.450 bits per heavy atom. The molecule has 0 aromatic heterocycles. The zero-order valence-electron chi connectivity index (χ0n) is 12.4. The summed E-state index contributed by atoms with van der Waals surface area (Å²) < 4.78 is 21.9. The number of hydrogen-bond acceptors (Lipinski definition) is 6. The van der Waals surface area contributed by atoms with Crippen LogP contribution in [0.1, 0.15) is 0 Å². The quantitative estimate of drug-likeness (QED) is 0.637. The molecule has 0 saturated carbocycles. The molecule has 2 radical (unpaired) electrons. The van der Waals surface area contributed by atoms with Crippen molar-refractivity contribution in [1.29, 1.82) is 0 Å². The van der Waals surface area contributed by atoms with E-state index in [0.717, 1.165) is 26.2 Å². The summed E-state index contributed by atoms with van der Waals surface area (Å²) in [5.41, 5.74) is 0. The van der Waals surface area contributed by atoms with Crippen molar-refractivity contribution in [1.82, 2.24) is 9.80 Å². The van der Waals surface area contributed by atoms with Crippen LogP contribution in [-0.4, -0.2) is 88.8 Å². The molecular formula is C14H28N2O4. The first-order valence-corrected chi connectivity index (χ1v) is 7.21. The highest BCUT2D eigenvalue weighted by atomic mass is 16.5. The fourth-order valence-electron chi connectivity index (χ4n) is 1.64. The topological polar surface area (TPSA) is 43.4 Å². The Hall–Kier alpha value is -0.240. The lowest BCUT2D eigenvalue weighted by Gasteiger charge is -2.18. The van der Waals surface area contributed by atoms with Gasteiger partial charge < -0.3 is 18.9 Å². The van der Waals surface area contributed by atoms with Crippen molar-refractivity contribution in [3.8, 4) is 0 Å². The molecule has 0 amide bonds. The largest absolute Gasteiger partial charge is 0.378 e. The Labute approximate surface area is 122 Å². The maximum atomic E-state index is 5.48. The molecule has 0 aliphatic carbocycles. The highest BCUT2D eigenvalue weighted by Gasteiger charge is 2.01. The summed E-state index contributed by atoms with van der Waals surface area (Å²) >= 11 is 0. The van der Waals surface area contributed by atoms with Gasteiger partial charge in [0.15, 0.2) is 0 Å². The summed E-state index contributed by atoms with van der Waals surface area (Å²) in [7, 11) is 7.87. The standard InChI is InChI=1S/C14H28N2O4/c1-15-3-7-17-11-13-19-9-5-16(2)6-10-20-14-12-18-8-4-15/h1-14H2. The molecule has 1 rings (SSSR count). The Morgan fingerprint density at radius 3 is 0.950 bits per heavy atom. The predicted octanol–water partition coefficient (Wildman–Crippen LogP) is 0.254.